The highest BCUT2D eigenvalue weighted by Crippen LogP contribution is 2.54. The lowest BCUT2D eigenvalue weighted by atomic mass is 9.99. The highest BCUT2D eigenvalue weighted by atomic mass is 32.2. The van der Waals surface area contributed by atoms with Crippen LogP contribution in [0.3, 0.4) is 0 Å². The molecule has 210 valence electrons. The number of sulfonamides is 2. The Balaban J connectivity index is 2.63. The molecule has 0 saturated carbocycles. The van der Waals surface area contributed by atoms with Gasteiger partial charge in [-0.3, -0.25) is 20.2 Å². The lowest BCUT2D eigenvalue weighted by molar-refractivity contribution is -0.386. The Kier molecular flexibility index (Phi) is 8.42. The van der Waals surface area contributed by atoms with E-state index < -0.39 is 67.8 Å². The standard InChI is InChI=1S/C24H24N6O8S2/c1-5-27(6-2)39(35,36)16-9-18-22(15(13-25)14-26)19-10-17(40(37,38)28(7-3)8-4)12-21(30(33)34)24(19)23(18)20(11-16)29(31)32/h9-12H,5-8H2,1-4H3. The summed E-state index contributed by atoms with van der Waals surface area (Å²) in [4.78, 5) is 21.6. The second kappa shape index (κ2) is 11.1. The van der Waals surface area contributed by atoms with E-state index in [-0.39, 0.29) is 42.9 Å². The van der Waals surface area contributed by atoms with E-state index in [2.05, 4.69) is 0 Å². The van der Waals surface area contributed by atoms with Crippen LogP contribution in [0.4, 0.5) is 11.4 Å². The number of benzene rings is 2. The number of nitriles is 2. The average Bonchev–Trinajstić information content (AvgIpc) is 3.23. The first-order valence-electron chi connectivity index (χ1n) is 12.0. The number of nitrogens with zero attached hydrogens (tertiary/aromatic N) is 6. The van der Waals surface area contributed by atoms with E-state index in [1.807, 2.05) is 0 Å². The van der Waals surface area contributed by atoms with Crippen LogP contribution in [0.25, 0.3) is 16.7 Å². The molecule has 2 aromatic carbocycles. The highest BCUT2D eigenvalue weighted by Gasteiger charge is 2.42. The second-order valence-electron chi connectivity index (χ2n) is 8.40. The van der Waals surface area contributed by atoms with Crippen molar-refractivity contribution in [3.8, 4) is 23.3 Å². The summed E-state index contributed by atoms with van der Waals surface area (Å²) in [5.74, 6) is 0. The maximum atomic E-state index is 13.3. The molecule has 2 aromatic rings. The third-order valence-electron chi connectivity index (χ3n) is 6.52. The van der Waals surface area contributed by atoms with Gasteiger partial charge in [0.25, 0.3) is 11.4 Å². The molecule has 40 heavy (non-hydrogen) atoms. The van der Waals surface area contributed by atoms with Crippen LogP contribution < -0.4 is 0 Å². The molecule has 3 rings (SSSR count). The van der Waals surface area contributed by atoms with Crippen LogP contribution >= 0.6 is 0 Å². The van der Waals surface area contributed by atoms with Gasteiger partial charge in [0, 0.05) is 55.0 Å². The number of nitro groups is 2. The molecule has 0 aromatic heterocycles. The van der Waals surface area contributed by atoms with Crippen molar-refractivity contribution in [3.63, 3.8) is 0 Å². The maximum absolute atomic E-state index is 13.3. The Morgan fingerprint density at radius 3 is 1.30 bits per heavy atom. The predicted molar refractivity (Wildman–Crippen MR) is 143 cm³/mol. The zero-order valence-corrected chi connectivity index (χ0v) is 23.5. The van der Waals surface area contributed by atoms with E-state index in [4.69, 9.17) is 0 Å². The van der Waals surface area contributed by atoms with Crippen molar-refractivity contribution in [2.45, 2.75) is 37.5 Å². The summed E-state index contributed by atoms with van der Waals surface area (Å²) in [7, 11) is -8.60. The smallest absolute Gasteiger partial charge is 0.258 e. The molecular formula is C24H24N6O8S2. The Hall–Kier alpha value is -4.22. The Morgan fingerprint density at radius 1 is 0.725 bits per heavy atom. The van der Waals surface area contributed by atoms with Crippen molar-refractivity contribution >= 4 is 37.0 Å². The SMILES string of the molecule is CCN(CC)S(=O)(=O)c1cc2c(c([N+](=O)[O-])c1)-c1c(cc(S(=O)(=O)N(CC)CC)cc1[N+](=O)[O-])C2=C(C#N)C#N. The van der Waals surface area contributed by atoms with Crippen molar-refractivity contribution in [1.29, 1.82) is 10.5 Å². The van der Waals surface area contributed by atoms with Gasteiger partial charge in [-0.25, -0.2) is 16.8 Å². The number of allylic oxidation sites excluding steroid dienone is 1. The van der Waals surface area contributed by atoms with Crippen LogP contribution in [0.1, 0.15) is 38.8 Å². The summed E-state index contributed by atoms with van der Waals surface area (Å²) >= 11 is 0. The Bertz CT molecular complexity index is 1630. The molecular weight excluding hydrogens is 564 g/mol. The second-order valence-corrected chi connectivity index (χ2v) is 12.3. The van der Waals surface area contributed by atoms with Crippen LogP contribution in [0.15, 0.2) is 39.6 Å². The van der Waals surface area contributed by atoms with E-state index in [1.54, 1.807) is 39.8 Å². The van der Waals surface area contributed by atoms with Gasteiger partial charge in [-0.1, -0.05) is 27.7 Å². The van der Waals surface area contributed by atoms with Gasteiger partial charge in [0.1, 0.15) is 17.7 Å². The van der Waals surface area contributed by atoms with Gasteiger partial charge in [0.05, 0.1) is 30.8 Å². The maximum Gasteiger partial charge on any atom is 0.279 e. The van der Waals surface area contributed by atoms with E-state index in [0.717, 1.165) is 32.9 Å². The van der Waals surface area contributed by atoms with Gasteiger partial charge in [-0.2, -0.15) is 19.1 Å². The fraction of sp³-hybridized carbons (Fsp3) is 0.333. The molecule has 0 fully saturated rings. The van der Waals surface area contributed by atoms with Crippen LogP contribution in [-0.4, -0.2) is 61.5 Å². The molecule has 1 aliphatic rings. The van der Waals surface area contributed by atoms with Gasteiger partial charge in [-0.15, -0.1) is 0 Å². The van der Waals surface area contributed by atoms with Crippen LogP contribution in [0.2, 0.25) is 0 Å². The molecule has 0 N–H and O–H groups in total. The normalized spacial score (nSPS) is 12.6. The first-order valence-corrected chi connectivity index (χ1v) is 14.8. The molecule has 0 aliphatic heterocycles. The van der Waals surface area contributed by atoms with Crippen molar-refractivity contribution in [2.75, 3.05) is 26.2 Å². The third-order valence-corrected chi connectivity index (χ3v) is 10.6. The molecule has 0 spiro atoms. The largest absolute Gasteiger partial charge is 0.279 e. The molecule has 0 atom stereocenters. The summed E-state index contributed by atoms with van der Waals surface area (Å²) in [6.07, 6.45) is 0. The van der Waals surface area contributed by atoms with Gasteiger partial charge < -0.3 is 0 Å². The van der Waals surface area contributed by atoms with E-state index >= 15 is 0 Å². The third kappa shape index (κ3) is 4.71. The van der Waals surface area contributed by atoms with Crippen molar-refractivity contribution < 1.29 is 26.7 Å². The van der Waals surface area contributed by atoms with Gasteiger partial charge in [0.2, 0.25) is 20.0 Å². The summed E-state index contributed by atoms with van der Waals surface area (Å²) in [5, 5.41) is 43.9. The van der Waals surface area contributed by atoms with Crippen molar-refractivity contribution in [3.05, 3.63) is 61.2 Å². The molecule has 0 unspecified atom stereocenters. The first kappa shape index (κ1) is 30.3. The lowest BCUT2D eigenvalue weighted by Crippen LogP contribution is -2.30. The number of rotatable bonds is 10. The highest BCUT2D eigenvalue weighted by molar-refractivity contribution is 7.89. The molecule has 14 nitrogen and oxygen atoms in total. The van der Waals surface area contributed by atoms with E-state index in [0.29, 0.717) is 0 Å². The van der Waals surface area contributed by atoms with Crippen LogP contribution in [0, 0.1) is 42.9 Å². The molecule has 0 amide bonds. The minimum absolute atomic E-state index is 0.0341. The number of fused-ring (bicyclic) bond motifs is 3. The Morgan fingerprint density at radius 2 is 1.05 bits per heavy atom. The van der Waals surface area contributed by atoms with E-state index in [9.17, 15) is 47.6 Å². The molecule has 0 bridgehead atoms. The quantitative estimate of drug-likeness (QED) is 0.191. The molecule has 0 heterocycles. The summed E-state index contributed by atoms with van der Waals surface area (Å²) in [6, 6.07) is 6.84. The van der Waals surface area contributed by atoms with Crippen molar-refractivity contribution in [1.82, 2.24) is 8.61 Å². The number of hydrogen-bond donors (Lipinski definition) is 0. The zero-order valence-electron chi connectivity index (χ0n) is 21.9. The van der Waals surface area contributed by atoms with E-state index in [1.165, 1.54) is 0 Å². The molecule has 0 saturated heterocycles. The average molecular weight is 589 g/mol. The van der Waals surface area contributed by atoms with Gasteiger partial charge >= 0.3 is 0 Å². The molecule has 0 radical (unpaired) electrons. The monoisotopic (exact) mass is 588 g/mol. The summed E-state index contributed by atoms with van der Waals surface area (Å²) in [6.45, 7) is 6.39. The fourth-order valence-electron chi connectivity index (χ4n) is 4.68. The molecule has 16 heteroatoms. The summed E-state index contributed by atoms with van der Waals surface area (Å²) in [5.41, 5.74) is -3.98. The van der Waals surface area contributed by atoms with Crippen LogP contribution in [-0.2, 0) is 20.0 Å². The predicted octanol–water partition coefficient (Wildman–Crippen LogP) is 3.39. The minimum Gasteiger partial charge on any atom is -0.258 e. The fourth-order valence-corrected chi connectivity index (χ4v) is 7.69. The first-order chi connectivity index (χ1) is 18.8. The Labute approximate surface area is 230 Å². The van der Waals surface area contributed by atoms with Crippen molar-refractivity contribution in [2.24, 2.45) is 0 Å². The summed E-state index contributed by atoms with van der Waals surface area (Å²) < 4.78 is 55.4. The van der Waals surface area contributed by atoms with Gasteiger partial charge in [0.15, 0.2) is 0 Å². The lowest BCUT2D eigenvalue weighted by Gasteiger charge is -2.19. The minimum atomic E-state index is -4.30. The molecule has 1 aliphatic carbocycles. The number of nitro benzene ring substituents is 2. The zero-order chi connectivity index (χ0) is 30.2. The number of hydrogen-bond acceptors (Lipinski definition) is 10. The van der Waals surface area contributed by atoms with Crippen LogP contribution in [0.5, 0.6) is 0 Å². The topological polar surface area (TPSA) is 209 Å². The van der Waals surface area contributed by atoms with Gasteiger partial charge in [-0.05, 0) is 12.1 Å².